The first-order chi connectivity index (χ1) is 12.7. The summed E-state index contributed by atoms with van der Waals surface area (Å²) in [5.74, 6) is 0.297. The number of nitrogens with one attached hydrogen (secondary N) is 1. The van der Waals surface area contributed by atoms with Gasteiger partial charge in [-0.25, -0.2) is 0 Å². The number of imide groups is 1. The summed E-state index contributed by atoms with van der Waals surface area (Å²) in [6.07, 6.45) is 2.04. The van der Waals surface area contributed by atoms with Gasteiger partial charge in [-0.1, -0.05) is 20.8 Å². The summed E-state index contributed by atoms with van der Waals surface area (Å²) in [7, 11) is 1.59. The Balaban J connectivity index is 2.21. The molecule has 27 heavy (non-hydrogen) atoms. The number of rotatable bonds is 4. The van der Waals surface area contributed by atoms with Crippen LogP contribution >= 0.6 is 0 Å². The molecule has 1 aromatic carbocycles. The number of ether oxygens (including phenoxy) is 1. The predicted octanol–water partition coefficient (Wildman–Crippen LogP) is 3.00. The molecule has 0 unspecified atom stereocenters. The Labute approximate surface area is 158 Å². The van der Waals surface area contributed by atoms with Crippen molar-refractivity contribution in [1.29, 1.82) is 0 Å². The van der Waals surface area contributed by atoms with Gasteiger partial charge in [0.2, 0.25) is 11.8 Å². The van der Waals surface area contributed by atoms with E-state index < -0.39 is 0 Å². The number of aromatic amines is 1. The van der Waals surface area contributed by atoms with E-state index in [1.165, 1.54) is 4.90 Å². The number of pyridine rings is 1. The Morgan fingerprint density at radius 1 is 1.07 bits per heavy atom. The number of hydrogen-bond acceptors (Lipinski definition) is 4. The fraction of sp³-hybridized carbons (Fsp3) is 0.381. The molecule has 0 spiro atoms. The third kappa shape index (κ3) is 3.65. The Morgan fingerprint density at radius 2 is 1.74 bits per heavy atom. The number of carbonyl (C=O) groups is 2. The van der Waals surface area contributed by atoms with E-state index in [2.05, 4.69) is 25.8 Å². The van der Waals surface area contributed by atoms with E-state index >= 15 is 0 Å². The van der Waals surface area contributed by atoms with E-state index in [1.807, 2.05) is 12.1 Å². The van der Waals surface area contributed by atoms with Crippen LogP contribution in [0, 0.1) is 0 Å². The highest BCUT2D eigenvalue weighted by atomic mass is 16.5. The maximum Gasteiger partial charge on any atom is 0.255 e. The van der Waals surface area contributed by atoms with Crippen molar-refractivity contribution in [3.8, 4) is 16.9 Å². The monoisotopic (exact) mass is 368 g/mol. The molecule has 1 aliphatic rings. The van der Waals surface area contributed by atoms with Gasteiger partial charge in [-0.15, -0.1) is 0 Å². The van der Waals surface area contributed by atoms with E-state index in [0.717, 1.165) is 5.56 Å². The number of amides is 2. The van der Waals surface area contributed by atoms with Crippen LogP contribution in [0.15, 0.2) is 35.3 Å². The molecule has 1 N–H and O–H groups in total. The first kappa shape index (κ1) is 18.9. The largest absolute Gasteiger partial charge is 0.496 e. The number of nitrogens with zero attached hydrogens (tertiary/aromatic N) is 1. The van der Waals surface area contributed by atoms with Crippen molar-refractivity contribution in [2.45, 2.75) is 45.6 Å². The molecule has 6 nitrogen and oxygen atoms in total. The summed E-state index contributed by atoms with van der Waals surface area (Å²) in [6.45, 7) is 6.33. The van der Waals surface area contributed by atoms with Gasteiger partial charge in [-0.2, -0.15) is 0 Å². The number of likely N-dealkylation sites (tertiary alicyclic amines) is 1. The number of carbonyl (C=O) groups excluding carboxylic acids is 2. The average molecular weight is 368 g/mol. The van der Waals surface area contributed by atoms with Gasteiger partial charge >= 0.3 is 0 Å². The second-order valence-electron chi connectivity index (χ2n) is 7.75. The van der Waals surface area contributed by atoms with Gasteiger partial charge in [-0.3, -0.25) is 19.3 Å². The summed E-state index contributed by atoms with van der Waals surface area (Å²) in [5.41, 5.74) is 2.43. The lowest BCUT2D eigenvalue weighted by Gasteiger charge is -2.25. The van der Waals surface area contributed by atoms with Crippen LogP contribution in [-0.4, -0.2) is 28.8 Å². The van der Waals surface area contributed by atoms with Crippen molar-refractivity contribution in [2.24, 2.45) is 0 Å². The molecule has 0 radical (unpaired) electrons. The molecule has 0 saturated carbocycles. The van der Waals surface area contributed by atoms with E-state index in [0.29, 0.717) is 22.4 Å². The summed E-state index contributed by atoms with van der Waals surface area (Å²) >= 11 is 0. The molecule has 2 amide bonds. The van der Waals surface area contributed by atoms with Crippen LogP contribution in [0.3, 0.4) is 0 Å². The fourth-order valence-corrected chi connectivity index (χ4v) is 3.36. The first-order valence-electron chi connectivity index (χ1n) is 8.95. The minimum Gasteiger partial charge on any atom is -0.496 e. The molecular weight excluding hydrogens is 344 g/mol. The van der Waals surface area contributed by atoms with Gasteiger partial charge in [0.1, 0.15) is 5.75 Å². The van der Waals surface area contributed by atoms with Crippen molar-refractivity contribution in [2.75, 3.05) is 7.11 Å². The Morgan fingerprint density at radius 3 is 2.30 bits per heavy atom. The lowest BCUT2D eigenvalue weighted by Crippen LogP contribution is -2.29. The topological polar surface area (TPSA) is 79.5 Å². The lowest BCUT2D eigenvalue weighted by atomic mass is 9.83. The molecule has 1 aliphatic heterocycles. The zero-order valence-corrected chi connectivity index (χ0v) is 16.1. The highest BCUT2D eigenvalue weighted by Gasteiger charge is 2.30. The third-order valence-corrected chi connectivity index (χ3v) is 4.82. The van der Waals surface area contributed by atoms with Crippen LogP contribution in [-0.2, 0) is 21.5 Å². The van der Waals surface area contributed by atoms with Gasteiger partial charge in [-0.05, 0) is 40.8 Å². The summed E-state index contributed by atoms with van der Waals surface area (Å²) in [5, 5.41) is 0. The summed E-state index contributed by atoms with van der Waals surface area (Å²) < 4.78 is 5.58. The molecular formula is C21H24N2O4. The second-order valence-corrected chi connectivity index (χ2v) is 7.75. The Kier molecular flexibility index (Phi) is 4.91. The minimum absolute atomic E-state index is 0.127. The summed E-state index contributed by atoms with van der Waals surface area (Å²) in [4.78, 5) is 40.5. The maximum absolute atomic E-state index is 12.4. The van der Waals surface area contributed by atoms with Crippen molar-refractivity contribution in [3.05, 3.63) is 51.9 Å². The molecule has 1 aromatic heterocycles. The quantitative estimate of drug-likeness (QED) is 0.842. The van der Waals surface area contributed by atoms with Crippen LogP contribution in [0.2, 0.25) is 0 Å². The van der Waals surface area contributed by atoms with Crippen molar-refractivity contribution in [3.63, 3.8) is 0 Å². The minimum atomic E-state index is -0.220. The van der Waals surface area contributed by atoms with Gasteiger partial charge in [0.25, 0.3) is 5.56 Å². The van der Waals surface area contributed by atoms with Crippen LogP contribution in [0.1, 0.15) is 44.7 Å². The molecule has 0 atom stereocenters. The van der Waals surface area contributed by atoms with E-state index in [-0.39, 0.29) is 42.2 Å². The molecule has 2 heterocycles. The van der Waals surface area contributed by atoms with Gasteiger partial charge < -0.3 is 9.72 Å². The Bertz CT molecular complexity index is 937. The first-order valence-corrected chi connectivity index (χ1v) is 8.95. The van der Waals surface area contributed by atoms with E-state index in [4.69, 9.17) is 4.74 Å². The lowest BCUT2D eigenvalue weighted by molar-refractivity contribution is -0.139. The fourth-order valence-electron chi connectivity index (χ4n) is 3.36. The van der Waals surface area contributed by atoms with Crippen molar-refractivity contribution < 1.29 is 14.3 Å². The Hall–Kier alpha value is -2.89. The molecule has 2 aromatic rings. The summed E-state index contributed by atoms with van der Waals surface area (Å²) in [6, 6.07) is 7.27. The van der Waals surface area contributed by atoms with Crippen LogP contribution in [0.5, 0.6) is 5.75 Å². The predicted molar refractivity (Wildman–Crippen MR) is 103 cm³/mol. The molecule has 0 aliphatic carbocycles. The molecule has 1 fully saturated rings. The van der Waals surface area contributed by atoms with E-state index in [9.17, 15) is 14.4 Å². The highest BCUT2D eigenvalue weighted by Crippen LogP contribution is 2.37. The number of benzene rings is 1. The SMILES string of the molecule is COc1cc(CN2C(=O)CCC2=O)c(-c2ccc[nH]c2=O)cc1C(C)(C)C. The standard InChI is InChI=1S/C21H24N2O4/c1-21(2,3)16-11-15(14-6-5-9-22-20(14)26)13(10-17(16)27-4)12-23-18(24)7-8-19(23)25/h5-6,9-11H,7-8,12H2,1-4H3,(H,22,26). The van der Waals surface area contributed by atoms with Crippen molar-refractivity contribution in [1.82, 2.24) is 9.88 Å². The zero-order valence-electron chi connectivity index (χ0n) is 16.1. The molecule has 6 heteroatoms. The average Bonchev–Trinajstić information content (AvgIpc) is 2.93. The molecule has 1 saturated heterocycles. The smallest absolute Gasteiger partial charge is 0.255 e. The van der Waals surface area contributed by atoms with Crippen LogP contribution in [0.4, 0.5) is 0 Å². The maximum atomic E-state index is 12.4. The van der Waals surface area contributed by atoms with Gasteiger partial charge in [0.05, 0.1) is 13.7 Å². The molecule has 142 valence electrons. The number of aromatic nitrogens is 1. The zero-order chi connectivity index (χ0) is 19.8. The van der Waals surface area contributed by atoms with Crippen LogP contribution in [0.25, 0.3) is 11.1 Å². The number of methoxy groups -OCH3 is 1. The second kappa shape index (κ2) is 7.02. The third-order valence-electron chi connectivity index (χ3n) is 4.82. The normalized spacial score (nSPS) is 14.7. The van der Waals surface area contributed by atoms with E-state index in [1.54, 1.807) is 25.4 Å². The van der Waals surface area contributed by atoms with Crippen molar-refractivity contribution >= 4 is 11.8 Å². The van der Waals surface area contributed by atoms with Gasteiger partial charge in [0, 0.05) is 30.2 Å². The number of H-pyrrole nitrogens is 1. The highest BCUT2D eigenvalue weighted by molar-refractivity contribution is 6.02. The van der Waals surface area contributed by atoms with Gasteiger partial charge in [0.15, 0.2) is 0 Å². The molecule has 3 rings (SSSR count). The number of hydrogen-bond donors (Lipinski definition) is 1. The molecule has 0 bridgehead atoms. The van der Waals surface area contributed by atoms with Crippen LogP contribution < -0.4 is 10.3 Å².